The molecule has 0 atom stereocenters. The van der Waals surface area contributed by atoms with E-state index in [1.54, 1.807) is 4.57 Å². The van der Waals surface area contributed by atoms with Crippen LogP contribution in [0.25, 0.3) is 21.7 Å². The lowest BCUT2D eigenvalue weighted by Gasteiger charge is -2.15. The zero-order chi connectivity index (χ0) is 25.8. The number of carbonyl (C=O) groups is 1. The van der Waals surface area contributed by atoms with Gasteiger partial charge in [0.15, 0.2) is 14.8 Å². The summed E-state index contributed by atoms with van der Waals surface area (Å²) in [6.45, 7) is 8.95. The second kappa shape index (κ2) is 11.5. The molecule has 0 saturated heterocycles. The van der Waals surface area contributed by atoms with E-state index in [0.29, 0.717) is 31.9 Å². The predicted molar refractivity (Wildman–Crippen MR) is 153 cm³/mol. The van der Waals surface area contributed by atoms with Crippen molar-refractivity contribution < 1.29 is 4.79 Å². The number of nitrogens with one attached hydrogen (secondary N) is 1. The van der Waals surface area contributed by atoms with Gasteiger partial charge in [-0.1, -0.05) is 74.2 Å². The van der Waals surface area contributed by atoms with E-state index in [1.165, 1.54) is 28.7 Å². The quantitative estimate of drug-likeness (QED) is 0.159. The van der Waals surface area contributed by atoms with Gasteiger partial charge in [0.1, 0.15) is 4.70 Å². The molecule has 0 bridgehead atoms. The molecule has 0 spiro atoms. The molecule has 6 nitrogen and oxygen atoms in total. The maximum atomic E-state index is 13.9. The fourth-order valence-electron chi connectivity index (χ4n) is 3.85. The first-order valence-corrected chi connectivity index (χ1v) is 14.2. The summed E-state index contributed by atoms with van der Waals surface area (Å²) in [4.78, 5) is 31.3. The maximum Gasteiger partial charge on any atom is 0.278 e. The molecule has 0 fully saturated rings. The molecule has 188 valence electrons. The number of benzene rings is 2. The number of rotatable bonds is 9. The van der Waals surface area contributed by atoms with Gasteiger partial charge >= 0.3 is 0 Å². The molecule has 4 rings (SSSR count). The predicted octanol–water partition coefficient (Wildman–Crippen LogP) is 6.09. The highest BCUT2D eigenvalue weighted by atomic mass is 32.2. The van der Waals surface area contributed by atoms with Crippen molar-refractivity contribution in [3.63, 3.8) is 0 Å². The smallest absolute Gasteiger partial charge is 0.278 e. The second-order valence-electron chi connectivity index (χ2n) is 9.02. The molecule has 0 saturated carbocycles. The molecule has 1 N–H and O–H groups in total. The first-order chi connectivity index (χ1) is 17.3. The second-order valence-corrected chi connectivity index (χ2v) is 11.6. The first kappa shape index (κ1) is 26.3. The minimum Gasteiger partial charge on any atom is -0.355 e. The Morgan fingerprint density at radius 2 is 1.86 bits per heavy atom. The van der Waals surface area contributed by atoms with E-state index < -0.39 is 0 Å². The lowest BCUT2D eigenvalue weighted by molar-refractivity contribution is -0.118. The standard InChI is InChI=1S/C27H30N4O2S3/c1-5-19-10-12-20(13-11-19)30-24-23(36-27(30)34)25(33)31(21-9-7-6-8-18(21)4)26(29-24)35-16-22(32)28-15-14-17(2)3/h6-13,17H,5,14-16H2,1-4H3,(H,28,32). The van der Waals surface area contributed by atoms with Gasteiger partial charge in [0.05, 0.1) is 11.4 Å². The molecule has 2 heterocycles. The summed E-state index contributed by atoms with van der Waals surface area (Å²) in [5.41, 5.74) is 4.12. The van der Waals surface area contributed by atoms with E-state index in [2.05, 4.69) is 38.2 Å². The van der Waals surface area contributed by atoms with Gasteiger partial charge in [-0.2, -0.15) is 0 Å². The minimum absolute atomic E-state index is 0.0800. The Bertz CT molecular complexity index is 1500. The van der Waals surface area contributed by atoms with Gasteiger partial charge in [0, 0.05) is 12.2 Å². The van der Waals surface area contributed by atoms with Crippen molar-refractivity contribution in [2.45, 2.75) is 45.7 Å². The van der Waals surface area contributed by atoms with Crippen molar-refractivity contribution in [2.75, 3.05) is 12.3 Å². The lowest BCUT2D eigenvalue weighted by atomic mass is 10.1. The molecule has 0 aliphatic heterocycles. The number of thioether (sulfide) groups is 1. The number of para-hydroxylation sites is 1. The summed E-state index contributed by atoms with van der Waals surface area (Å²) in [6.07, 6.45) is 1.86. The Morgan fingerprint density at radius 3 is 2.53 bits per heavy atom. The lowest BCUT2D eigenvalue weighted by Crippen LogP contribution is -2.28. The van der Waals surface area contributed by atoms with Crippen molar-refractivity contribution in [1.82, 2.24) is 19.4 Å². The van der Waals surface area contributed by atoms with Gasteiger partial charge in [0.25, 0.3) is 5.56 Å². The SMILES string of the molecule is CCc1ccc(-n2c(=S)sc3c(=O)n(-c4ccccc4C)c(SCC(=O)NCCC(C)C)nc32)cc1. The zero-order valence-electron chi connectivity index (χ0n) is 20.9. The molecule has 0 radical (unpaired) electrons. The fourth-order valence-corrected chi connectivity index (χ4v) is 5.98. The summed E-state index contributed by atoms with van der Waals surface area (Å²) >= 11 is 8.21. The Kier molecular flexibility index (Phi) is 8.43. The van der Waals surface area contributed by atoms with Crippen LogP contribution in [0.3, 0.4) is 0 Å². The van der Waals surface area contributed by atoms with Gasteiger partial charge in [-0.3, -0.25) is 18.7 Å². The maximum absolute atomic E-state index is 13.9. The fraction of sp³-hybridized carbons (Fsp3) is 0.333. The number of hydrogen-bond donors (Lipinski definition) is 1. The summed E-state index contributed by atoms with van der Waals surface area (Å²) in [7, 11) is 0. The van der Waals surface area contributed by atoms with E-state index >= 15 is 0 Å². The molecule has 36 heavy (non-hydrogen) atoms. The van der Waals surface area contributed by atoms with Gasteiger partial charge in [-0.15, -0.1) is 0 Å². The normalized spacial score (nSPS) is 11.4. The molecule has 4 aromatic rings. The first-order valence-electron chi connectivity index (χ1n) is 12.0. The van der Waals surface area contributed by atoms with Gasteiger partial charge in [-0.05, 0) is 67.2 Å². The molecule has 2 aromatic heterocycles. The molecule has 2 aromatic carbocycles. The molecular weight excluding hydrogens is 509 g/mol. The van der Waals surface area contributed by atoms with Crippen molar-refractivity contribution in [2.24, 2.45) is 5.92 Å². The van der Waals surface area contributed by atoms with Crippen LogP contribution < -0.4 is 10.9 Å². The van der Waals surface area contributed by atoms with Crippen molar-refractivity contribution >= 4 is 51.6 Å². The number of fused-ring (bicyclic) bond motifs is 1. The van der Waals surface area contributed by atoms with E-state index in [9.17, 15) is 9.59 Å². The summed E-state index contributed by atoms with van der Waals surface area (Å²) in [5, 5.41) is 3.43. The van der Waals surface area contributed by atoms with Crippen LogP contribution in [0.2, 0.25) is 0 Å². The Balaban J connectivity index is 1.82. The number of aryl methyl sites for hydroxylation is 2. The largest absolute Gasteiger partial charge is 0.355 e. The minimum atomic E-state index is -0.183. The number of amides is 1. The van der Waals surface area contributed by atoms with E-state index in [0.717, 1.165) is 29.8 Å². The summed E-state index contributed by atoms with van der Waals surface area (Å²) in [6, 6.07) is 15.8. The molecule has 0 aliphatic rings. The van der Waals surface area contributed by atoms with Crippen LogP contribution in [0.1, 0.15) is 38.3 Å². The van der Waals surface area contributed by atoms with Crippen LogP contribution in [-0.2, 0) is 11.2 Å². The third kappa shape index (κ3) is 5.63. The van der Waals surface area contributed by atoms with Crippen LogP contribution in [0, 0.1) is 16.8 Å². The average Bonchev–Trinajstić information content (AvgIpc) is 3.19. The number of hydrogen-bond acceptors (Lipinski definition) is 6. The Hall–Kier alpha value is -2.75. The molecule has 9 heteroatoms. The third-order valence-electron chi connectivity index (χ3n) is 5.91. The highest BCUT2D eigenvalue weighted by Crippen LogP contribution is 2.28. The average molecular weight is 539 g/mol. The molecule has 0 unspecified atom stereocenters. The van der Waals surface area contributed by atoms with Gasteiger partial charge < -0.3 is 5.32 Å². The van der Waals surface area contributed by atoms with Crippen LogP contribution in [0.15, 0.2) is 58.5 Å². The number of thiazole rings is 1. The summed E-state index contributed by atoms with van der Waals surface area (Å²) < 4.78 is 4.52. The molecule has 0 aliphatic carbocycles. The molecular formula is C27H30N4O2S3. The van der Waals surface area contributed by atoms with Gasteiger partial charge in [-0.25, -0.2) is 4.98 Å². The van der Waals surface area contributed by atoms with Crippen LogP contribution in [0.4, 0.5) is 0 Å². The monoisotopic (exact) mass is 538 g/mol. The van der Waals surface area contributed by atoms with Crippen LogP contribution in [-0.4, -0.2) is 32.3 Å². The van der Waals surface area contributed by atoms with Crippen molar-refractivity contribution in [3.8, 4) is 11.4 Å². The van der Waals surface area contributed by atoms with Crippen molar-refractivity contribution in [1.29, 1.82) is 0 Å². The highest BCUT2D eigenvalue weighted by Gasteiger charge is 2.20. The van der Waals surface area contributed by atoms with Crippen LogP contribution in [0.5, 0.6) is 0 Å². The topological polar surface area (TPSA) is 68.9 Å². The van der Waals surface area contributed by atoms with E-state index in [1.807, 2.05) is 47.9 Å². The van der Waals surface area contributed by atoms with E-state index in [-0.39, 0.29) is 17.2 Å². The Labute approximate surface area is 224 Å². The number of nitrogens with zero attached hydrogens (tertiary/aromatic N) is 3. The number of carbonyl (C=O) groups excluding carboxylic acids is 1. The van der Waals surface area contributed by atoms with Gasteiger partial charge in [0.2, 0.25) is 5.91 Å². The Morgan fingerprint density at radius 1 is 1.14 bits per heavy atom. The zero-order valence-corrected chi connectivity index (χ0v) is 23.4. The highest BCUT2D eigenvalue weighted by molar-refractivity contribution is 7.99. The summed E-state index contributed by atoms with van der Waals surface area (Å²) in [5.74, 6) is 0.600. The van der Waals surface area contributed by atoms with Crippen LogP contribution >= 0.6 is 35.3 Å². The third-order valence-corrected chi connectivity index (χ3v) is 8.20. The molecule has 1 amide bonds. The van der Waals surface area contributed by atoms with E-state index in [4.69, 9.17) is 17.2 Å². The van der Waals surface area contributed by atoms with Crippen molar-refractivity contribution in [3.05, 3.63) is 74.0 Å². The number of aromatic nitrogens is 3.